The Morgan fingerprint density at radius 3 is 2.77 bits per heavy atom. The van der Waals surface area contributed by atoms with Gasteiger partial charge in [0.1, 0.15) is 0 Å². The van der Waals surface area contributed by atoms with Crippen LogP contribution in [0, 0.1) is 0 Å². The SMILES string of the molecule is CCc1cc(Cc2cccs2)cs1. The van der Waals surface area contributed by atoms with Crippen LogP contribution in [0.25, 0.3) is 0 Å². The van der Waals surface area contributed by atoms with Crippen LogP contribution in [0.5, 0.6) is 0 Å². The molecule has 0 unspecified atom stereocenters. The highest BCUT2D eigenvalue weighted by atomic mass is 32.1. The van der Waals surface area contributed by atoms with E-state index in [2.05, 4.69) is 35.9 Å². The van der Waals surface area contributed by atoms with Gasteiger partial charge in [-0.15, -0.1) is 22.7 Å². The second-order valence-corrected chi connectivity index (χ2v) is 5.06. The molecular formula is C11H12S2. The standard InChI is InChI=1S/C11H12S2/c1-2-10-6-9(8-13-10)7-11-4-3-5-12-11/h3-6,8H,2,7H2,1H3. The molecule has 0 N–H and O–H groups in total. The Bertz CT molecular complexity index is 357. The minimum absolute atomic E-state index is 1.11. The van der Waals surface area contributed by atoms with E-state index < -0.39 is 0 Å². The molecule has 2 heteroatoms. The van der Waals surface area contributed by atoms with Crippen LogP contribution in [-0.2, 0) is 12.8 Å². The molecule has 0 aromatic carbocycles. The molecule has 0 aliphatic carbocycles. The van der Waals surface area contributed by atoms with Crippen LogP contribution in [0.4, 0.5) is 0 Å². The van der Waals surface area contributed by atoms with Crippen molar-refractivity contribution in [1.29, 1.82) is 0 Å². The Morgan fingerprint density at radius 1 is 1.23 bits per heavy atom. The summed E-state index contributed by atoms with van der Waals surface area (Å²) in [5.74, 6) is 0. The van der Waals surface area contributed by atoms with Gasteiger partial charge in [-0.3, -0.25) is 0 Å². The van der Waals surface area contributed by atoms with E-state index in [1.54, 1.807) is 0 Å². The van der Waals surface area contributed by atoms with Crippen LogP contribution in [0.3, 0.4) is 0 Å². The maximum atomic E-state index is 2.32. The molecular weight excluding hydrogens is 196 g/mol. The van der Waals surface area contributed by atoms with Gasteiger partial charge >= 0.3 is 0 Å². The van der Waals surface area contributed by atoms with Gasteiger partial charge in [0.25, 0.3) is 0 Å². The summed E-state index contributed by atoms with van der Waals surface area (Å²) >= 11 is 3.72. The smallest absolute Gasteiger partial charge is 0.00893 e. The zero-order valence-corrected chi connectivity index (χ0v) is 9.25. The minimum atomic E-state index is 1.11. The van der Waals surface area contributed by atoms with E-state index in [-0.39, 0.29) is 0 Å². The zero-order chi connectivity index (χ0) is 9.10. The summed E-state index contributed by atoms with van der Waals surface area (Å²) in [4.78, 5) is 2.95. The molecule has 0 spiro atoms. The lowest BCUT2D eigenvalue weighted by Gasteiger charge is -1.91. The van der Waals surface area contributed by atoms with Gasteiger partial charge in [0.05, 0.1) is 0 Å². The lowest BCUT2D eigenvalue weighted by molar-refractivity contribution is 1.17. The van der Waals surface area contributed by atoms with E-state index in [9.17, 15) is 0 Å². The molecule has 0 bridgehead atoms. The number of hydrogen-bond acceptors (Lipinski definition) is 2. The first-order valence-electron chi connectivity index (χ1n) is 4.47. The summed E-state index contributed by atoms with van der Waals surface area (Å²) in [7, 11) is 0. The van der Waals surface area contributed by atoms with Crippen LogP contribution in [0.15, 0.2) is 29.0 Å². The van der Waals surface area contributed by atoms with Gasteiger partial charge in [-0.05, 0) is 34.9 Å². The van der Waals surface area contributed by atoms with Crippen molar-refractivity contribution in [2.24, 2.45) is 0 Å². The summed E-state index contributed by atoms with van der Waals surface area (Å²) in [5.41, 5.74) is 1.46. The molecule has 0 radical (unpaired) electrons. The van der Waals surface area contributed by atoms with Gasteiger partial charge < -0.3 is 0 Å². The summed E-state index contributed by atoms with van der Waals surface area (Å²) in [6.45, 7) is 2.21. The molecule has 0 aliphatic rings. The monoisotopic (exact) mass is 208 g/mol. The van der Waals surface area contributed by atoms with Crippen molar-refractivity contribution in [2.45, 2.75) is 19.8 Å². The highest BCUT2D eigenvalue weighted by Crippen LogP contribution is 2.20. The van der Waals surface area contributed by atoms with Gasteiger partial charge in [-0.1, -0.05) is 13.0 Å². The van der Waals surface area contributed by atoms with Crippen LogP contribution < -0.4 is 0 Å². The molecule has 2 aromatic heterocycles. The summed E-state index contributed by atoms with van der Waals surface area (Å²) < 4.78 is 0. The molecule has 2 aromatic rings. The summed E-state index contributed by atoms with van der Waals surface area (Å²) in [6, 6.07) is 6.64. The van der Waals surface area contributed by atoms with Crippen molar-refractivity contribution < 1.29 is 0 Å². The van der Waals surface area contributed by atoms with Crippen molar-refractivity contribution in [3.63, 3.8) is 0 Å². The topological polar surface area (TPSA) is 0 Å². The molecule has 0 fully saturated rings. The van der Waals surface area contributed by atoms with Crippen molar-refractivity contribution in [2.75, 3.05) is 0 Å². The molecule has 2 rings (SSSR count). The minimum Gasteiger partial charge on any atom is -0.149 e. The molecule has 0 nitrogen and oxygen atoms in total. The average Bonchev–Trinajstić information content (AvgIpc) is 2.76. The maximum absolute atomic E-state index is 2.32. The van der Waals surface area contributed by atoms with E-state index in [0.717, 1.165) is 12.8 Å². The average molecular weight is 208 g/mol. The van der Waals surface area contributed by atoms with Crippen molar-refractivity contribution in [3.8, 4) is 0 Å². The highest BCUT2D eigenvalue weighted by molar-refractivity contribution is 7.10. The van der Waals surface area contributed by atoms with Gasteiger partial charge in [-0.2, -0.15) is 0 Å². The fraction of sp³-hybridized carbons (Fsp3) is 0.273. The first-order chi connectivity index (χ1) is 6.38. The van der Waals surface area contributed by atoms with Crippen LogP contribution in [0.1, 0.15) is 22.2 Å². The second kappa shape index (κ2) is 4.07. The van der Waals surface area contributed by atoms with E-state index in [1.807, 2.05) is 22.7 Å². The van der Waals surface area contributed by atoms with Crippen LogP contribution in [-0.4, -0.2) is 0 Å². The highest BCUT2D eigenvalue weighted by Gasteiger charge is 2.00. The number of hydrogen-bond donors (Lipinski definition) is 0. The first kappa shape index (κ1) is 8.97. The Hall–Kier alpha value is -0.600. The van der Waals surface area contributed by atoms with E-state index in [0.29, 0.717) is 0 Å². The Labute approximate surface area is 86.9 Å². The van der Waals surface area contributed by atoms with Crippen molar-refractivity contribution in [3.05, 3.63) is 44.3 Å². The number of aryl methyl sites for hydroxylation is 1. The fourth-order valence-corrected chi connectivity index (χ4v) is 2.90. The second-order valence-electron chi connectivity index (χ2n) is 3.03. The van der Waals surface area contributed by atoms with E-state index in [4.69, 9.17) is 0 Å². The Morgan fingerprint density at radius 2 is 2.15 bits per heavy atom. The van der Waals surface area contributed by atoms with Crippen LogP contribution in [0.2, 0.25) is 0 Å². The summed E-state index contributed by atoms with van der Waals surface area (Å²) in [5, 5.41) is 4.42. The summed E-state index contributed by atoms with van der Waals surface area (Å²) in [6.07, 6.45) is 2.27. The number of thiophene rings is 2. The number of rotatable bonds is 3. The largest absolute Gasteiger partial charge is 0.149 e. The predicted octanol–water partition coefficient (Wildman–Crippen LogP) is 3.96. The molecule has 0 aliphatic heterocycles. The van der Waals surface area contributed by atoms with Gasteiger partial charge in [0.15, 0.2) is 0 Å². The Balaban J connectivity index is 2.10. The zero-order valence-electron chi connectivity index (χ0n) is 7.62. The molecule has 13 heavy (non-hydrogen) atoms. The van der Waals surface area contributed by atoms with E-state index >= 15 is 0 Å². The lowest BCUT2D eigenvalue weighted by Crippen LogP contribution is -1.79. The van der Waals surface area contributed by atoms with Gasteiger partial charge in [-0.25, -0.2) is 0 Å². The molecule has 0 saturated carbocycles. The third kappa shape index (κ3) is 2.20. The predicted molar refractivity (Wildman–Crippen MR) is 60.8 cm³/mol. The van der Waals surface area contributed by atoms with E-state index in [1.165, 1.54) is 15.3 Å². The lowest BCUT2D eigenvalue weighted by atomic mass is 10.2. The molecule has 0 saturated heterocycles. The molecule has 2 heterocycles. The Kier molecular flexibility index (Phi) is 2.81. The molecule has 68 valence electrons. The van der Waals surface area contributed by atoms with Crippen molar-refractivity contribution in [1.82, 2.24) is 0 Å². The third-order valence-corrected chi connectivity index (χ3v) is 4.02. The van der Waals surface area contributed by atoms with Crippen LogP contribution >= 0.6 is 22.7 Å². The molecule has 0 atom stereocenters. The van der Waals surface area contributed by atoms with Gasteiger partial charge in [0.2, 0.25) is 0 Å². The van der Waals surface area contributed by atoms with Crippen molar-refractivity contribution >= 4 is 22.7 Å². The third-order valence-electron chi connectivity index (χ3n) is 2.01. The van der Waals surface area contributed by atoms with Gasteiger partial charge in [0, 0.05) is 16.2 Å². The fourth-order valence-electron chi connectivity index (χ4n) is 1.32. The molecule has 0 amide bonds. The maximum Gasteiger partial charge on any atom is 0.00893 e. The first-order valence-corrected chi connectivity index (χ1v) is 6.23. The quantitative estimate of drug-likeness (QED) is 0.716. The normalized spacial score (nSPS) is 10.5.